The van der Waals surface area contributed by atoms with E-state index in [-0.39, 0.29) is 5.75 Å². The largest absolute Gasteiger partial charge is 0.481 e. The van der Waals surface area contributed by atoms with E-state index >= 15 is 0 Å². The van der Waals surface area contributed by atoms with Crippen molar-refractivity contribution >= 4 is 32.7 Å². The molecule has 0 aliphatic rings. The highest BCUT2D eigenvalue weighted by Crippen LogP contribution is 2.25. The van der Waals surface area contributed by atoms with Crippen LogP contribution in [0.25, 0.3) is 0 Å². The molecule has 1 aromatic carbocycles. The predicted molar refractivity (Wildman–Crippen MR) is 66.8 cm³/mol. The number of carboxylic acids is 1. The summed E-state index contributed by atoms with van der Waals surface area (Å²) in [5, 5.41) is 8.96. The van der Waals surface area contributed by atoms with Crippen molar-refractivity contribution in [2.24, 2.45) is 5.41 Å². The van der Waals surface area contributed by atoms with E-state index in [1.54, 1.807) is 32.0 Å². The Hall–Kier alpha value is -0.680. The minimum atomic E-state index is -1.31. The van der Waals surface area contributed by atoms with Crippen molar-refractivity contribution < 1.29 is 14.1 Å². The number of rotatable bonds is 4. The summed E-state index contributed by atoms with van der Waals surface area (Å²) < 4.78 is 12.7. The second kappa shape index (κ2) is 5.10. The second-order valence-corrected chi connectivity index (χ2v) is 6.38. The van der Waals surface area contributed by atoms with Gasteiger partial charge in [-0.3, -0.25) is 9.00 Å². The van der Waals surface area contributed by atoms with E-state index in [2.05, 4.69) is 15.9 Å². The first-order valence-electron chi connectivity index (χ1n) is 4.71. The number of carboxylic acid groups (broad SMARTS) is 1. The zero-order valence-electron chi connectivity index (χ0n) is 9.07. The third-order valence-corrected chi connectivity index (χ3v) is 4.94. The minimum absolute atomic E-state index is 0.102. The number of carbonyl (C=O) groups is 1. The molecule has 0 heterocycles. The van der Waals surface area contributed by atoms with Crippen molar-refractivity contribution in [2.75, 3.05) is 5.75 Å². The standard InChI is InChI=1S/C11H13BrO3S/c1-11(2,10(13)14)7-16(15)9-6-4-3-5-8(9)12/h3-6H,7H2,1-2H3,(H,13,14). The van der Waals surface area contributed by atoms with Crippen LogP contribution in [0.1, 0.15) is 13.8 Å². The first-order valence-corrected chi connectivity index (χ1v) is 6.82. The molecule has 1 rings (SSSR count). The molecule has 0 fully saturated rings. The predicted octanol–water partition coefficient (Wildman–Crippen LogP) is 2.67. The Bertz CT molecular complexity index is 429. The van der Waals surface area contributed by atoms with E-state index in [1.165, 1.54) is 0 Å². The van der Waals surface area contributed by atoms with Crippen LogP contribution in [0.15, 0.2) is 33.6 Å². The van der Waals surface area contributed by atoms with Gasteiger partial charge in [-0.05, 0) is 41.9 Å². The molecule has 0 saturated heterocycles. The highest BCUT2D eigenvalue weighted by atomic mass is 79.9. The van der Waals surface area contributed by atoms with E-state index in [9.17, 15) is 9.00 Å². The highest BCUT2D eigenvalue weighted by Gasteiger charge is 2.30. The molecule has 3 nitrogen and oxygen atoms in total. The van der Waals surface area contributed by atoms with Gasteiger partial charge < -0.3 is 5.11 Å². The number of hydrogen-bond acceptors (Lipinski definition) is 2. The number of aliphatic carboxylic acids is 1. The summed E-state index contributed by atoms with van der Waals surface area (Å²) in [5.74, 6) is -0.835. The maximum atomic E-state index is 12.0. The van der Waals surface area contributed by atoms with Crippen LogP contribution >= 0.6 is 15.9 Å². The molecule has 0 aliphatic heterocycles. The molecule has 0 radical (unpaired) electrons. The van der Waals surface area contributed by atoms with Crippen LogP contribution in [0.4, 0.5) is 0 Å². The maximum absolute atomic E-state index is 12.0. The lowest BCUT2D eigenvalue weighted by Gasteiger charge is -2.18. The lowest BCUT2D eigenvalue weighted by atomic mass is 9.97. The molecule has 0 aromatic heterocycles. The van der Waals surface area contributed by atoms with Crippen molar-refractivity contribution in [3.05, 3.63) is 28.7 Å². The van der Waals surface area contributed by atoms with E-state index in [0.717, 1.165) is 4.47 Å². The van der Waals surface area contributed by atoms with Gasteiger partial charge in [-0.2, -0.15) is 0 Å². The van der Waals surface area contributed by atoms with E-state index in [1.807, 2.05) is 6.07 Å². The van der Waals surface area contributed by atoms with Crippen molar-refractivity contribution in [1.29, 1.82) is 0 Å². The third kappa shape index (κ3) is 3.15. The SMILES string of the molecule is CC(C)(CS(=O)c1ccccc1Br)C(=O)O. The molecule has 5 heteroatoms. The van der Waals surface area contributed by atoms with Crippen LogP contribution in [-0.4, -0.2) is 21.0 Å². The first-order chi connectivity index (χ1) is 7.34. The van der Waals surface area contributed by atoms with Gasteiger partial charge in [0.1, 0.15) is 0 Å². The van der Waals surface area contributed by atoms with E-state index in [0.29, 0.717) is 4.90 Å². The van der Waals surface area contributed by atoms with Gasteiger partial charge in [0.2, 0.25) is 0 Å². The summed E-state index contributed by atoms with van der Waals surface area (Å²) in [6.07, 6.45) is 0. The maximum Gasteiger partial charge on any atom is 0.310 e. The van der Waals surface area contributed by atoms with Gasteiger partial charge >= 0.3 is 5.97 Å². The molecule has 0 amide bonds. The minimum Gasteiger partial charge on any atom is -0.481 e. The lowest BCUT2D eigenvalue weighted by molar-refractivity contribution is -0.145. The molecular formula is C11H13BrO3S. The fraction of sp³-hybridized carbons (Fsp3) is 0.364. The smallest absolute Gasteiger partial charge is 0.310 e. The third-order valence-electron chi connectivity index (χ3n) is 2.15. The summed E-state index contributed by atoms with van der Waals surface area (Å²) in [7, 11) is -1.31. The summed E-state index contributed by atoms with van der Waals surface area (Å²) in [6, 6.07) is 7.14. The summed E-state index contributed by atoms with van der Waals surface area (Å²) in [4.78, 5) is 11.6. The Kier molecular flexibility index (Phi) is 4.27. The van der Waals surface area contributed by atoms with Gasteiger partial charge in [0.25, 0.3) is 0 Å². The average molecular weight is 305 g/mol. The molecular weight excluding hydrogens is 292 g/mol. The van der Waals surface area contributed by atoms with Gasteiger partial charge in [0, 0.05) is 10.2 Å². The zero-order valence-corrected chi connectivity index (χ0v) is 11.5. The Labute approximate surface area is 105 Å². The van der Waals surface area contributed by atoms with Gasteiger partial charge in [0.15, 0.2) is 0 Å². The number of hydrogen-bond donors (Lipinski definition) is 1. The fourth-order valence-corrected chi connectivity index (χ4v) is 3.37. The lowest BCUT2D eigenvalue weighted by Crippen LogP contribution is -2.30. The van der Waals surface area contributed by atoms with Crippen LogP contribution in [0, 0.1) is 5.41 Å². The molecule has 0 saturated carbocycles. The van der Waals surface area contributed by atoms with Crippen molar-refractivity contribution in [2.45, 2.75) is 18.7 Å². The Morgan fingerprint density at radius 1 is 1.44 bits per heavy atom. The Morgan fingerprint density at radius 3 is 2.50 bits per heavy atom. The van der Waals surface area contributed by atoms with Crippen LogP contribution in [-0.2, 0) is 15.6 Å². The summed E-state index contributed by atoms with van der Waals surface area (Å²) in [6.45, 7) is 3.15. The summed E-state index contributed by atoms with van der Waals surface area (Å²) >= 11 is 3.30. The molecule has 0 aliphatic carbocycles. The molecule has 1 N–H and O–H groups in total. The molecule has 88 valence electrons. The monoisotopic (exact) mass is 304 g/mol. The van der Waals surface area contributed by atoms with Gasteiger partial charge in [-0.25, -0.2) is 0 Å². The first kappa shape index (κ1) is 13.4. The van der Waals surface area contributed by atoms with Crippen LogP contribution in [0.2, 0.25) is 0 Å². The fourth-order valence-electron chi connectivity index (χ4n) is 1.10. The van der Waals surface area contributed by atoms with Crippen LogP contribution in [0.3, 0.4) is 0 Å². The molecule has 0 spiro atoms. The van der Waals surface area contributed by atoms with Gasteiger partial charge in [-0.15, -0.1) is 0 Å². The second-order valence-electron chi connectivity index (χ2n) is 4.11. The van der Waals surface area contributed by atoms with E-state index < -0.39 is 22.2 Å². The Morgan fingerprint density at radius 2 is 2.00 bits per heavy atom. The van der Waals surface area contributed by atoms with Crippen LogP contribution < -0.4 is 0 Å². The van der Waals surface area contributed by atoms with Gasteiger partial charge in [0.05, 0.1) is 21.1 Å². The molecule has 1 atom stereocenters. The van der Waals surface area contributed by atoms with Crippen molar-refractivity contribution in [3.8, 4) is 0 Å². The Balaban J connectivity index is 2.89. The molecule has 0 bridgehead atoms. The molecule has 1 aromatic rings. The molecule has 1 unspecified atom stereocenters. The topological polar surface area (TPSA) is 54.4 Å². The quantitative estimate of drug-likeness (QED) is 0.930. The van der Waals surface area contributed by atoms with Crippen molar-refractivity contribution in [1.82, 2.24) is 0 Å². The van der Waals surface area contributed by atoms with Crippen LogP contribution in [0.5, 0.6) is 0 Å². The van der Waals surface area contributed by atoms with Crippen molar-refractivity contribution in [3.63, 3.8) is 0 Å². The zero-order chi connectivity index (χ0) is 12.3. The number of halogens is 1. The molecule has 16 heavy (non-hydrogen) atoms. The van der Waals surface area contributed by atoms with Gasteiger partial charge in [-0.1, -0.05) is 12.1 Å². The summed E-state index contributed by atoms with van der Waals surface area (Å²) in [5.41, 5.74) is -0.986. The average Bonchev–Trinajstić information content (AvgIpc) is 2.17. The normalized spacial score (nSPS) is 13.4. The van der Waals surface area contributed by atoms with E-state index in [4.69, 9.17) is 5.11 Å². The highest BCUT2D eigenvalue weighted by molar-refractivity contribution is 9.10. The number of benzene rings is 1.